The molecule has 1 aliphatic heterocycles. The first-order chi connectivity index (χ1) is 6.83. The van der Waals surface area contributed by atoms with Gasteiger partial charge in [-0.2, -0.15) is 12.7 Å². The lowest BCUT2D eigenvalue weighted by Gasteiger charge is -2.17. The molecule has 1 rings (SSSR count). The zero-order chi connectivity index (χ0) is 11.6. The molecule has 1 saturated heterocycles. The van der Waals surface area contributed by atoms with E-state index in [0.717, 1.165) is 0 Å². The third-order valence-corrected chi connectivity index (χ3v) is 4.16. The molecule has 1 heterocycles. The number of hydrogen-bond donors (Lipinski definition) is 2. The highest BCUT2D eigenvalue weighted by Gasteiger charge is 2.34. The fraction of sp³-hybridized carbons (Fsp3) is 1.00. The molecule has 0 spiro atoms. The van der Waals surface area contributed by atoms with E-state index in [1.165, 1.54) is 4.31 Å². The first kappa shape index (κ1) is 12.9. The van der Waals surface area contributed by atoms with E-state index in [1.54, 1.807) is 0 Å². The van der Waals surface area contributed by atoms with Gasteiger partial charge in [-0.3, -0.25) is 0 Å². The maximum atomic E-state index is 11.8. The zero-order valence-corrected chi connectivity index (χ0v) is 10.4. The Balaban J connectivity index is 2.56. The van der Waals surface area contributed by atoms with Crippen LogP contribution in [0.4, 0.5) is 0 Å². The third-order valence-electron chi connectivity index (χ3n) is 2.65. The van der Waals surface area contributed by atoms with Crippen LogP contribution >= 0.6 is 0 Å². The first-order valence-corrected chi connectivity index (χ1v) is 6.77. The van der Waals surface area contributed by atoms with Gasteiger partial charge in [-0.05, 0) is 11.8 Å². The van der Waals surface area contributed by atoms with Crippen LogP contribution in [0.5, 0.6) is 0 Å². The van der Waals surface area contributed by atoms with Gasteiger partial charge < -0.3 is 5.73 Å². The molecular formula is C9H21N3O2S. The smallest absolute Gasteiger partial charge is 0.279 e. The Morgan fingerprint density at radius 2 is 2.07 bits per heavy atom. The van der Waals surface area contributed by atoms with Crippen LogP contribution in [-0.4, -0.2) is 38.4 Å². The fourth-order valence-electron chi connectivity index (χ4n) is 1.51. The Bertz CT molecular complexity index is 292. The summed E-state index contributed by atoms with van der Waals surface area (Å²) in [7, 11) is -3.32. The van der Waals surface area contributed by atoms with E-state index in [2.05, 4.69) is 4.72 Å². The molecule has 0 bridgehead atoms. The highest BCUT2D eigenvalue weighted by molar-refractivity contribution is 7.87. The van der Waals surface area contributed by atoms with Crippen molar-refractivity contribution >= 4 is 10.2 Å². The van der Waals surface area contributed by atoms with Crippen molar-refractivity contribution in [3.8, 4) is 0 Å². The molecule has 0 aromatic heterocycles. The van der Waals surface area contributed by atoms with Crippen LogP contribution in [0.25, 0.3) is 0 Å². The lowest BCUT2D eigenvalue weighted by atomic mass is 10.1. The minimum Gasteiger partial charge on any atom is -0.326 e. The summed E-state index contributed by atoms with van der Waals surface area (Å²) in [6, 6.07) is -0.0411. The Morgan fingerprint density at radius 3 is 2.47 bits per heavy atom. The van der Waals surface area contributed by atoms with E-state index < -0.39 is 10.2 Å². The highest BCUT2D eigenvalue weighted by Crippen LogP contribution is 2.16. The standard InChI is InChI=1S/C9H21N3O2S/c1-7(2)4-11-15(13,14)12-5-8(3)9(10)6-12/h7-9,11H,4-6,10H2,1-3H3. The second-order valence-corrected chi connectivity index (χ2v) is 6.46. The average Bonchev–Trinajstić information content (AvgIpc) is 2.45. The third kappa shape index (κ3) is 3.41. The molecule has 0 aromatic carbocycles. The minimum atomic E-state index is -3.32. The second-order valence-electron chi connectivity index (χ2n) is 4.71. The van der Waals surface area contributed by atoms with E-state index in [9.17, 15) is 8.42 Å². The van der Waals surface area contributed by atoms with E-state index >= 15 is 0 Å². The molecular weight excluding hydrogens is 214 g/mol. The quantitative estimate of drug-likeness (QED) is 0.706. The summed E-state index contributed by atoms with van der Waals surface area (Å²) in [5, 5.41) is 0. The van der Waals surface area contributed by atoms with Crippen LogP contribution < -0.4 is 10.5 Å². The van der Waals surface area contributed by atoms with Crippen LogP contribution in [0.3, 0.4) is 0 Å². The summed E-state index contributed by atoms with van der Waals surface area (Å²) in [4.78, 5) is 0. The zero-order valence-electron chi connectivity index (χ0n) is 9.60. The van der Waals surface area contributed by atoms with Gasteiger partial charge in [-0.15, -0.1) is 0 Å². The summed E-state index contributed by atoms with van der Waals surface area (Å²) < 4.78 is 27.6. The van der Waals surface area contributed by atoms with Gasteiger partial charge >= 0.3 is 0 Å². The molecule has 0 aromatic rings. The van der Waals surface area contributed by atoms with Gasteiger partial charge in [-0.25, -0.2) is 4.72 Å². The highest BCUT2D eigenvalue weighted by atomic mass is 32.2. The molecule has 2 atom stereocenters. The maximum Gasteiger partial charge on any atom is 0.279 e. The van der Waals surface area contributed by atoms with Gasteiger partial charge in [0.15, 0.2) is 0 Å². The number of hydrogen-bond acceptors (Lipinski definition) is 3. The molecule has 5 nitrogen and oxygen atoms in total. The molecule has 1 fully saturated rings. The number of rotatable bonds is 4. The van der Waals surface area contributed by atoms with Crippen molar-refractivity contribution in [2.75, 3.05) is 19.6 Å². The topological polar surface area (TPSA) is 75.4 Å². The van der Waals surface area contributed by atoms with E-state index in [1.807, 2.05) is 20.8 Å². The number of nitrogens with one attached hydrogen (secondary N) is 1. The second kappa shape index (κ2) is 4.78. The number of nitrogens with zero attached hydrogens (tertiary/aromatic N) is 1. The Kier molecular flexibility index (Phi) is 4.11. The van der Waals surface area contributed by atoms with Crippen LogP contribution in [0.15, 0.2) is 0 Å². The van der Waals surface area contributed by atoms with Crippen molar-refractivity contribution < 1.29 is 8.42 Å². The summed E-state index contributed by atoms with van der Waals surface area (Å²) in [5.41, 5.74) is 5.79. The monoisotopic (exact) mass is 235 g/mol. The summed E-state index contributed by atoms with van der Waals surface area (Å²) in [6.45, 7) is 7.34. The fourth-order valence-corrected chi connectivity index (χ4v) is 3.03. The van der Waals surface area contributed by atoms with E-state index in [0.29, 0.717) is 25.6 Å². The van der Waals surface area contributed by atoms with Crippen molar-refractivity contribution in [3.63, 3.8) is 0 Å². The first-order valence-electron chi connectivity index (χ1n) is 5.33. The Morgan fingerprint density at radius 1 is 1.47 bits per heavy atom. The van der Waals surface area contributed by atoms with Crippen LogP contribution in [0.1, 0.15) is 20.8 Å². The van der Waals surface area contributed by atoms with Gasteiger partial charge in [0.25, 0.3) is 10.2 Å². The Hall–Kier alpha value is -0.170. The molecule has 0 amide bonds. The largest absolute Gasteiger partial charge is 0.326 e. The molecule has 90 valence electrons. The normalized spacial score (nSPS) is 28.9. The molecule has 6 heteroatoms. The molecule has 3 N–H and O–H groups in total. The van der Waals surface area contributed by atoms with Crippen molar-refractivity contribution in [1.82, 2.24) is 9.03 Å². The lowest BCUT2D eigenvalue weighted by molar-refractivity contribution is 0.447. The summed E-state index contributed by atoms with van der Waals surface area (Å²) >= 11 is 0. The molecule has 1 aliphatic rings. The summed E-state index contributed by atoms with van der Waals surface area (Å²) in [5.74, 6) is 0.550. The lowest BCUT2D eigenvalue weighted by Crippen LogP contribution is -2.41. The van der Waals surface area contributed by atoms with E-state index in [-0.39, 0.29) is 12.0 Å². The molecule has 0 saturated carbocycles. The van der Waals surface area contributed by atoms with Crippen molar-refractivity contribution in [3.05, 3.63) is 0 Å². The molecule has 2 unspecified atom stereocenters. The van der Waals surface area contributed by atoms with Crippen molar-refractivity contribution in [2.45, 2.75) is 26.8 Å². The van der Waals surface area contributed by atoms with Gasteiger partial charge in [0.05, 0.1) is 0 Å². The average molecular weight is 235 g/mol. The Labute approximate surface area is 92.2 Å². The predicted octanol–water partition coefficient (Wildman–Crippen LogP) is -0.244. The molecule has 0 radical (unpaired) electrons. The van der Waals surface area contributed by atoms with Gasteiger partial charge in [0, 0.05) is 25.7 Å². The maximum absolute atomic E-state index is 11.8. The van der Waals surface area contributed by atoms with Crippen LogP contribution in [-0.2, 0) is 10.2 Å². The predicted molar refractivity (Wildman–Crippen MR) is 60.5 cm³/mol. The van der Waals surface area contributed by atoms with Crippen molar-refractivity contribution in [2.24, 2.45) is 17.6 Å². The molecule has 0 aliphatic carbocycles. The summed E-state index contributed by atoms with van der Waals surface area (Å²) in [6.07, 6.45) is 0. The van der Waals surface area contributed by atoms with Crippen molar-refractivity contribution in [1.29, 1.82) is 0 Å². The molecule has 15 heavy (non-hydrogen) atoms. The van der Waals surface area contributed by atoms with Gasteiger partial charge in [0.2, 0.25) is 0 Å². The number of nitrogens with two attached hydrogens (primary N) is 1. The van der Waals surface area contributed by atoms with Gasteiger partial charge in [0.1, 0.15) is 0 Å². The SMILES string of the molecule is CC(C)CNS(=O)(=O)N1CC(C)C(N)C1. The van der Waals surface area contributed by atoms with Crippen LogP contribution in [0, 0.1) is 11.8 Å². The van der Waals surface area contributed by atoms with Crippen LogP contribution in [0.2, 0.25) is 0 Å². The van der Waals surface area contributed by atoms with E-state index in [4.69, 9.17) is 5.73 Å². The minimum absolute atomic E-state index is 0.0411. The van der Waals surface area contributed by atoms with Gasteiger partial charge in [-0.1, -0.05) is 20.8 Å².